The number of thioether (sulfide) groups is 1. The van der Waals surface area contributed by atoms with E-state index in [9.17, 15) is 0 Å². The molecule has 2 heteroatoms. The van der Waals surface area contributed by atoms with E-state index < -0.39 is 0 Å². The van der Waals surface area contributed by atoms with Crippen molar-refractivity contribution in [1.29, 1.82) is 0 Å². The molecule has 0 bridgehead atoms. The number of hydrogen-bond donors (Lipinski definition) is 0. The van der Waals surface area contributed by atoms with E-state index in [-0.39, 0.29) is 14.9 Å². The molecule has 152 valence electrons. The summed E-state index contributed by atoms with van der Waals surface area (Å²) in [5, 5.41) is 2.04. The first kappa shape index (κ1) is 49.5. The second-order valence-corrected chi connectivity index (χ2v) is 3.21. The maximum absolute atomic E-state index is 4.51. The molecule has 0 aromatic heterocycles. The molecular formula is C22H52OS. The molecule has 0 aromatic carbocycles. The van der Waals surface area contributed by atoms with Gasteiger partial charge in [0.15, 0.2) is 0 Å². The molecule has 0 aliphatic rings. The largest absolute Gasteiger partial charge is 0.505 e. The van der Waals surface area contributed by atoms with Crippen molar-refractivity contribution < 1.29 is 4.74 Å². The standard InChI is InChI=1S/C6H10.C4H8O.C4H8S.3C2H6.2CH4/c1-3-5-6-4-2;2*1-3-4-5-2;3*1-2;;/h3-6H,1-2H3;2*3-4H,1-2H3;3*1-2H3;2*1H4/b5-3-,6-4-;2*4-3-;;;;;. The minimum atomic E-state index is 0. The SMILES string of the molecule is C.C.C/C=C\C=C/C.C/C=C\OC.C/C=C\SC.CC.CC.CC. The Kier molecular flexibility index (Phi) is 245. The third-order valence-corrected chi connectivity index (χ3v) is 1.58. The van der Waals surface area contributed by atoms with E-state index in [2.05, 4.69) is 4.74 Å². The molecule has 0 radical (unpaired) electrons. The van der Waals surface area contributed by atoms with Gasteiger partial charge in [0.25, 0.3) is 0 Å². The van der Waals surface area contributed by atoms with Crippen LogP contribution in [0.15, 0.2) is 48.1 Å². The quantitative estimate of drug-likeness (QED) is 0.364. The number of allylic oxidation sites excluding steroid dienone is 6. The first-order valence-electron chi connectivity index (χ1n) is 8.26. The molecule has 0 aliphatic heterocycles. The van der Waals surface area contributed by atoms with Crippen LogP contribution < -0.4 is 0 Å². The van der Waals surface area contributed by atoms with E-state index in [4.69, 9.17) is 0 Å². The number of methoxy groups -OCH3 is 1. The van der Waals surface area contributed by atoms with E-state index >= 15 is 0 Å². The van der Waals surface area contributed by atoms with Crippen molar-refractivity contribution in [2.24, 2.45) is 0 Å². The molecule has 0 fully saturated rings. The highest BCUT2D eigenvalue weighted by atomic mass is 32.2. The van der Waals surface area contributed by atoms with Crippen LogP contribution in [0.3, 0.4) is 0 Å². The van der Waals surface area contributed by atoms with E-state index in [0.717, 1.165) is 0 Å². The Morgan fingerprint density at radius 1 is 0.625 bits per heavy atom. The fourth-order valence-corrected chi connectivity index (χ4v) is 0.767. The summed E-state index contributed by atoms with van der Waals surface area (Å²) in [6.07, 6.45) is 15.5. The van der Waals surface area contributed by atoms with Crippen molar-refractivity contribution in [3.8, 4) is 0 Å². The zero-order valence-corrected chi connectivity index (χ0v) is 18.3. The Balaban J connectivity index is -0.0000000223. The topological polar surface area (TPSA) is 9.23 Å². The molecule has 0 aromatic rings. The lowest BCUT2D eigenvalue weighted by molar-refractivity contribution is 0.337. The highest BCUT2D eigenvalue weighted by molar-refractivity contribution is 8.01. The molecule has 0 atom stereocenters. The molecule has 0 rings (SSSR count). The van der Waals surface area contributed by atoms with Gasteiger partial charge in [-0.3, -0.25) is 0 Å². The van der Waals surface area contributed by atoms with Crippen molar-refractivity contribution in [2.75, 3.05) is 13.4 Å². The van der Waals surface area contributed by atoms with Gasteiger partial charge in [-0.25, -0.2) is 0 Å². The highest BCUT2D eigenvalue weighted by Gasteiger charge is 1.51. The van der Waals surface area contributed by atoms with Crippen LogP contribution in [0.5, 0.6) is 0 Å². The van der Waals surface area contributed by atoms with Crippen LogP contribution in [-0.2, 0) is 4.74 Å². The van der Waals surface area contributed by atoms with Gasteiger partial charge in [-0.05, 0) is 39.4 Å². The van der Waals surface area contributed by atoms with Gasteiger partial charge < -0.3 is 4.74 Å². The third-order valence-electron chi connectivity index (χ3n) is 1.04. The molecule has 0 heterocycles. The Morgan fingerprint density at radius 2 is 0.958 bits per heavy atom. The molecule has 0 saturated heterocycles. The second-order valence-electron chi connectivity index (χ2n) is 2.46. The second kappa shape index (κ2) is 119. The van der Waals surface area contributed by atoms with Crippen LogP contribution in [0.1, 0.15) is 84.1 Å². The van der Waals surface area contributed by atoms with Gasteiger partial charge in [0.2, 0.25) is 0 Å². The molecule has 0 unspecified atom stereocenters. The summed E-state index contributed by atoms with van der Waals surface area (Å²) in [6.45, 7) is 19.9. The summed E-state index contributed by atoms with van der Waals surface area (Å²) in [4.78, 5) is 0. The molecular weight excluding hydrogens is 312 g/mol. The lowest BCUT2D eigenvalue weighted by atomic mass is 10.5. The zero-order chi connectivity index (χ0) is 19.1. The van der Waals surface area contributed by atoms with E-state index in [1.165, 1.54) is 0 Å². The highest BCUT2D eigenvalue weighted by Crippen LogP contribution is 1.89. The van der Waals surface area contributed by atoms with Gasteiger partial charge in [0, 0.05) is 0 Å². The maximum Gasteiger partial charge on any atom is 0.0781 e. The van der Waals surface area contributed by atoms with E-state index in [0.29, 0.717) is 0 Å². The van der Waals surface area contributed by atoms with E-state index in [1.807, 2.05) is 117 Å². The van der Waals surface area contributed by atoms with Gasteiger partial charge >= 0.3 is 0 Å². The van der Waals surface area contributed by atoms with Gasteiger partial charge in [-0.1, -0.05) is 92.9 Å². The molecule has 0 N–H and O–H groups in total. The predicted octanol–water partition coefficient (Wildman–Crippen LogP) is 9.54. The van der Waals surface area contributed by atoms with Gasteiger partial charge in [0.1, 0.15) is 0 Å². The van der Waals surface area contributed by atoms with Crippen molar-refractivity contribution in [1.82, 2.24) is 0 Å². The summed E-state index contributed by atoms with van der Waals surface area (Å²) < 4.78 is 4.51. The molecule has 0 spiro atoms. The summed E-state index contributed by atoms with van der Waals surface area (Å²) in [7, 11) is 1.62. The maximum atomic E-state index is 4.51. The predicted molar refractivity (Wildman–Crippen MR) is 127 cm³/mol. The van der Waals surface area contributed by atoms with Crippen LogP contribution in [-0.4, -0.2) is 13.4 Å². The number of hydrogen-bond acceptors (Lipinski definition) is 2. The van der Waals surface area contributed by atoms with Crippen LogP contribution in [0, 0.1) is 0 Å². The van der Waals surface area contributed by atoms with Gasteiger partial charge in [-0.15, -0.1) is 11.8 Å². The normalized spacial score (nSPS) is 7.67. The summed E-state index contributed by atoms with van der Waals surface area (Å²) >= 11 is 1.72. The minimum absolute atomic E-state index is 0. The fourth-order valence-electron chi connectivity index (χ4n) is 0.494. The summed E-state index contributed by atoms with van der Waals surface area (Å²) in [5.74, 6) is 0. The first-order valence-corrected chi connectivity index (χ1v) is 9.55. The van der Waals surface area contributed by atoms with Crippen molar-refractivity contribution in [2.45, 2.75) is 84.1 Å². The number of ether oxygens (including phenoxy) is 1. The van der Waals surface area contributed by atoms with Crippen molar-refractivity contribution >= 4 is 11.8 Å². The van der Waals surface area contributed by atoms with Crippen molar-refractivity contribution in [3.63, 3.8) is 0 Å². The average molecular weight is 365 g/mol. The fraction of sp³-hybridized carbons (Fsp3) is 0.636. The molecule has 24 heavy (non-hydrogen) atoms. The summed E-state index contributed by atoms with van der Waals surface area (Å²) in [6, 6.07) is 0. The van der Waals surface area contributed by atoms with Crippen LogP contribution in [0.4, 0.5) is 0 Å². The Morgan fingerprint density at radius 3 is 1.00 bits per heavy atom. The Labute approximate surface area is 162 Å². The minimum Gasteiger partial charge on any atom is -0.505 e. The van der Waals surface area contributed by atoms with Gasteiger partial charge in [0.05, 0.1) is 13.4 Å². The zero-order valence-electron chi connectivity index (χ0n) is 17.4. The monoisotopic (exact) mass is 364 g/mol. The lowest BCUT2D eigenvalue weighted by Gasteiger charge is -1.76. The molecule has 0 aliphatic carbocycles. The van der Waals surface area contributed by atoms with E-state index in [1.54, 1.807) is 25.1 Å². The third kappa shape index (κ3) is 229. The molecule has 1 nitrogen and oxygen atoms in total. The summed E-state index contributed by atoms with van der Waals surface area (Å²) in [5.41, 5.74) is 0. The van der Waals surface area contributed by atoms with Crippen LogP contribution in [0.2, 0.25) is 0 Å². The first-order chi connectivity index (χ1) is 10.7. The average Bonchev–Trinajstić information content (AvgIpc) is 2.61. The van der Waals surface area contributed by atoms with Crippen LogP contribution >= 0.6 is 11.8 Å². The smallest absolute Gasteiger partial charge is 0.0781 e. The van der Waals surface area contributed by atoms with Crippen LogP contribution in [0.25, 0.3) is 0 Å². The van der Waals surface area contributed by atoms with Gasteiger partial charge in [-0.2, -0.15) is 0 Å². The molecule has 0 amide bonds. The Bertz CT molecular complexity index is 170. The lowest BCUT2D eigenvalue weighted by Crippen LogP contribution is -1.57. The van der Waals surface area contributed by atoms with Crippen molar-refractivity contribution in [3.05, 3.63) is 48.1 Å². The number of rotatable bonds is 3. The Hall–Kier alpha value is -0.890. The molecule has 0 saturated carbocycles.